The minimum Gasteiger partial charge on any atom is -0.336 e. The van der Waals surface area contributed by atoms with Gasteiger partial charge in [-0.2, -0.15) is 18.3 Å². The highest BCUT2D eigenvalue weighted by atomic mass is 32.1. The van der Waals surface area contributed by atoms with E-state index in [-0.39, 0.29) is 22.4 Å². The molecule has 0 aliphatic carbocycles. The number of amides is 2. The third kappa shape index (κ3) is 6.54. The van der Waals surface area contributed by atoms with Gasteiger partial charge in [0.15, 0.2) is 10.8 Å². The van der Waals surface area contributed by atoms with Crippen LogP contribution in [-0.4, -0.2) is 74.6 Å². The molecule has 210 valence electrons. The molecular weight excluding hydrogens is 543 g/mol. The highest BCUT2D eigenvalue weighted by molar-refractivity contribution is 7.14. The van der Waals surface area contributed by atoms with E-state index < -0.39 is 17.8 Å². The summed E-state index contributed by atoms with van der Waals surface area (Å²) in [5.41, 5.74) is 0.181. The molecule has 13 heteroatoms. The smallest absolute Gasteiger partial charge is 0.336 e. The van der Waals surface area contributed by atoms with E-state index in [2.05, 4.69) is 25.3 Å². The van der Waals surface area contributed by atoms with Crippen molar-refractivity contribution in [2.24, 2.45) is 0 Å². The number of nitrogens with one attached hydrogen (secondary N) is 1. The number of hydrogen-bond donors (Lipinski definition) is 1. The Morgan fingerprint density at radius 1 is 0.975 bits per heavy atom. The number of aromatic nitrogens is 4. The molecule has 9 nitrogen and oxygen atoms in total. The quantitative estimate of drug-likeness (QED) is 0.359. The SMILES string of the molecule is CC.CN1CCN(C(=O)c2ccc(-n3nc(C(F)(F)F)cc3C(=O)Nc3nc(-c4ccccn4)cs3)cc2)CC1. The third-order valence-corrected chi connectivity index (χ3v) is 6.79. The van der Waals surface area contributed by atoms with Crippen LogP contribution in [0.1, 0.15) is 40.4 Å². The van der Waals surface area contributed by atoms with Crippen LogP contribution in [0.25, 0.3) is 17.1 Å². The fourth-order valence-corrected chi connectivity index (χ4v) is 4.64. The molecule has 1 N–H and O–H groups in total. The minimum atomic E-state index is -4.76. The summed E-state index contributed by atoms with van der Waals surface area (Å²) < 4.78 is 41.4. The molecule has 0 saturated carbocycles. The zero-order valence-electron chi connectivity index (χ0n) is 22.1. The molecule has 5 rings (SSSR count). The Balaban J connectivity index is 0.00000181. The molecule has 0 bridgehead atoms. The predicted molar refractivity (Wildman–Crippen MR) is 147 cm³/mol. The summed E-state index contributed by atoms with van der Waals surface area (Å²) in [6.07, 6.45) is -3.15. The molecule has 4 heterocycles. The van der Waals surface area contributed by atoms with Gasteiger partial charge in [-0.15, -0.1) is 11.3 Å². The number of benzene rings is 1. The van der Waals surface area contributed by atoms with Crippen molar-refractivity contribution in [1.29, 1.82) is 0 Å². The molecule has 1 aromatic carbocycles. The number of carbonyl (C=O) groups excluding carboxylic acids is 2. The molecule has 1 fully saturated rings. The van der Waals surface area contributed by atoms with E-state index in [4.69, 9.17) is 0 Å². The van der Waals surface area contributed by atoms with Crippen LogP contribution >= 0.6 is 11.3 Å². The number of thiazole rings is 1. The van der Waals surface area contributed by atoms with Gasteiger partial charge in [0, 0.05) is 49.4 Å². The second-order valence-corrected chi connectivity index (χ2v) is 9.53. The molecule has 1 aliphatic heterocycles. The highest BCUT2D eigenvalue weighted by Gasteiger charge is 2.36. The maximum atomic E-state index is 13.5. The van der Waals surface area contributed by atoms with E-state index in [0.29, 0.717) is 36.1 Å². The van der Waals surface area contributed by atoms with Crippen molar-refractivity contribution in [2.45, 2.75) is 20.0 Å². The number of pyridine rings is 1. The van der Waals surface area contributed by atoms with Gasteiger partial charge < -0.3 is 9.80 Å². The van der Waals surface area contributed by atoms with Crippen molar-refractivity contribution in [3.8, 4) is 17.1 Å². The number of nitrogens with zero attached hydrogens (tertiary/aromatic N) is 6. The Kier molecular flexibility index (Phi) is 8.95. The van der Waals surface area contributed by atoms with E-state index in [1.54, 1.807) is 34.7 Å². The highest BCUT2D eigenvalue weighted by Crippen LogP contribution is 2.30. The van der Waals surface area contributed by atoms with Crippen LogP contribution in [0.2, 0.25) is 0 Å². The maximum absolute atomic E-state index is 13.5. The molecule has 0 spiro atoms. The Morgan fingerprint density at radius 2 is 1.68 bits per heavy atom. The molecular formula is C27H28F3N7O2S. The molecule has 4 aromatic rings. The van der Waals surface area contributed by atoms with Crippen molar-refractivity contribution in [3.63, 3.8) is 0 Å². The summed E-state index contributed by atoms with van der Waals surface area (Å²) in [6.45, 7) is 6.71. The van der Waals surface area contributed by atoms with Crippen molar-refractivity contribution in [3.05, 3.63) is 77.1 Å². The Labute approximate surface area is 233 Å². The predicted octanol–water partition coefficient (Wildman–Crippen LogP) is 5.08. The van der Waals surface area contributed by atoms with Crippen LogP contribution < -0.4 is 5.32 Å². The summed E-state index contributed by atoms with van der Waals surface area (Å²) >= 11 is 1.12. The fourth-order valence-electron chi connectivity index (χ4n) is 3.94. The van der Waals surface area contributed by atoms with Crippen LogP contribution in [0.5, 0.6) is 0 Å². The third-order valence-electron chi connectivity index (χ3n) is 6.03. The zero-order chi connectivity index (χ0) is 28.9. The molecule has 2 amide bonds. The largest absolute Gasteiger partial charge is 0.435 e. The van der Waals surface area contributed by atoms with Crippen LogP contribution in [0.15, 0.2) is 60.1 Å². The van der Waals surface area contributed by atoms with Gasteiger partial charge in [-0.05, 0) is 43.4 Å². The number of rotatable bonds is 5. The van der Waals surface area contributed by atoms with Crippen LogP contribution in [0.4, 0.5) is 18.3 Å². The second-order valence-electron chi connectivity index (χ2n) is 8.67. The fraction of sp³-hybridized carbons (Fsp3) is 0.296. The lowest BCUT2D eigenvalue weighted by Crippen LogP contribution is -2.47. The number of alkyl halides is 3. The number of carbonyl (C=O) groups is 2. The number of hydrogen-bond acceptors (Lipinski definition) is 7. The average Bonchev–Trinajstić information content (AvgIpc) is 3.63. The average molecular weight is 572 g/mol. The monoisotopic (exact) mass is 571 g/mol. The minimum absolute atomic E-state index is 0.161. The van der Waals surface area contributed by atoms with Crippen LogP contribution in [0.3, 0.4) is 0 Å². The first-order chi connectivity index (χ1) is 19.2. The Hall–Kier alpha value is -4.10. The summed E-state index contributed by atoms with van der Waals surface area (Å²) in [5, 5.41) is 8.08. The van der Waals surface area contributed by atoms with Gasteiger partial charge in [0.05, 0.1) is 11.4 Å². The van der Waals surface area contributed by atoms with E-state index >= 15 is 0 Å². The topological polar surface area (TPSA) is 96.2 Å². The lowest BCUT2D eigenvalue weighted by molar-refractivity contribution is -0.141. The van der Waals surface area contributed by atoms with Gasteiger partial charge in [0.1, 0.15) is 11.4 Å². The first kappa shape index (κ1) is 28.9. The molecule has 0 unspecified atom stereocenters. The normalized spacial score (nSPS) is 13.9. The van der Waals surface area contributed by atoms with E-state index in [1.807, 2.05) is 20.9 Å². The maximum Gasteiger partial charge on any atom is 0.435 e. The number of likely N-dealkylation sites (N-methyl/N-ethyl adjacent to an activating group) is 1. The van der Waals surface area contributed by atoms with Gasteiger partial charge in [0.2, 0.25) is 0 Å². The van der Waals surface area contributed by atoms with E-state index in [0.717, 1.165) is 29.1 Å². The van der Waals surface area contributed by atoms with Gasteiger partial charge in [-0.3, -0.25) is 19.9 Å². The molecule has 3 aromatic heterocycles. The van der Waals surface area contributed by atoms with E-state index in [1.165, 1.54) is 24.3 Å². The summed E-state index contributed by atoms with van der Waals surface area (Å²) in [6, 6.07) is 12.0. The van der Waals surface area contributed by atoms with Crippen molar-refractivity contribution in [1.82, 2.24) is 29.5 Å². The van der Waals surface area contributed by atoms with Gasteiger partial charge >= 0.3 is 6.18 Å². The number of anilines is 1. The molecule has 1 aliphatic rings. The second kappa shape index (κ2) is 12.4. The number of piperazine rings is 1. The summed E-state index contributed by atoms with van der Waals surface area (Å²) in [5.74, 6) is -0.973. The van der Waals surface area contributed by atoms with Crippen LogP contribution in [0, 0.1) is 0 Å². The zero-order valence-corrected chi connectivity index (χ0v) is 23.0. The van der Waals surface area contributed by atoms with E-state index in [9.17, 15) is 22.8 Å². The van der Waals surface area contributed by atoms with Gasteiger partial charge in [-0.25, -0.2) is 9.67 Å². The van der Waals surface area contributed by atoms with Crippen molar-refractivity contribution < 1.29 is 22.8 Å². The summed E-state index contributed by atoms with van der Waals surface area (Å²) in [7, 11) is 1.98. The molecule has 0 atom stereocenters. The van der Waals surface area contributed by atoms with Crippen molar-refractivity contribution >= 4 is 28.3 Å². The standard InChI is InChI=1S/C25H22F3N7O2S.C2H6/c1-33-10-12-34(13-11-33)23(37)16-5-7-17(8-6-16)35-20(14-21(32-35)25(26,27)28)22(36)31-24-30-19(15-38-24)18-4-2-3-9-29-18;1-2/h2-9,14-15H,10-13H2,1H3,(H,30,31,36);1-2H3. The molecule has 1 saturated heterocycles. The molecule has 0 radical (unpaired) electrons. The van der Waals surface area contributed by atoms with Gasteiger partial charge in [-0.1, -0.05) is 19.9 Å². The lowest BCUT2D eigenvalue weighted by Gasteiger charge is -2.32. The first-order valence-corrected chi connectivity index (χ1v) is 13.5. The number of halogens is 3. The van der Waals surface area contributed by atoms with Crippen molar-refractivity contribution in [2.75, 3.05) is 38.5 Å². The Bertz CT molecular complexity index is 1450. The first-order valence-electron chi connectivity index (χ1n) is 12.6. The van der Waals surface area contributed by atoms with Crippen LogP contribution in [-0.2, 0) is 6.18 Å². The van der Waals surface area contributed by atoms with Gasteiger partial charge in [0.25, 0.3) is 11.8 Å². The summed E-state index contributed by atoms with van der Waals surface area (Å²) in [4.78, 5) is 38.3. The lowest BCUT2D eigenvalue weighted by atomic mass is 10.1. The Morgan fingerprint density at radius 3 is 2.30 bits per heavy atom. The molecule has 40 heavy (non-hydrogen) atoms.